The van der Waals surface area contributed by atoms with Crippen LogP contribution in [0.4, 0.5) is 0 Å². The van der Waals surface area contributed by atoms with Crippen molar-refractivity contribution in [1.82, 2.24) is 10.1 Å². The predicted molar refractivity (Wildman–Crippen MR) is 89.2 cm³/mol. The molecular formula is C17H20ClN3O2. The smallest absolute Gasteiger partial charge is 0.292 e. The van der Waals surface area contributed by atoms with Gasteiger partial charge in [-0.3, -0.25) is 4.79 Å². The lowest BCUT2D eigenvalue weighted by Crippen LogP contribution is -2.49. The Morgan fingerprint density at radius 1 is 1.48 bits per heavy atom. The molecule has 2 heterocycles. The van der Waals surface area contributed by atoms with Gasteiger partial charge in [0.15, 0.2) is 0 Å². The van der Waals surface area contributed by atoms with E-state index in [0.29, 0.717) is 29.7 Å². The van der Waals surface area contributed by atoms with Gasteiger partial charge in [0, 0.05) is 35.8 Å². The molecule has 0 spiro atoms. The second kappa shape index (κ2) is 6.72. The molecule has 2 atom stereocenters. The Morgan fingerprint density at radius 3 is 3.04 bits per heavy atom. The first-order chi connectivity index (χ1) is 11.1. The van der Waals surface area contributed by atoms with E-state index < -0.39 is 0 Å². The van der Waals surface area contributed by atoms with E-state index in [1.54, 1.807) is 18.2 Å². The summed E-state index contributed by atoms with van der Waals surface area (Å²) in [5, 5.41) is 4.61. The van der Waals surface area contributed by atoms with Crippen molar-refractivity contribution in [3.05, 3.63) is 41.1 Å². The van der Waals surface area contributed by atoms with Crippen LogP contribution >= 0.6 is 11.6 Å². The highest BCUT2D eigenvalue weighted by molar-refractivity contribution is 6.30. The Morgan fingerprint density at radius 2 is 2.30 bits per heavy atom. The number of likely N-dealkylation sites (tertiary alicyclic amines) is 1. The van der Waals surface area contributed by atoms with E-state index in [4.69, 9.17) is 21.9 Å². The molecule has 2 aromatic rings. The van der Waals surface area contributed by atoms with Gasteiger partial charge in [-0.15, -0.1) is 0 Å². The number of nitrogens with zero attached hydrogens (tertiary/aromatic N) is 2. The molecule has 0 aliphatic carbocycles. The third-order valence-corrected chi connectivity index (χ3v) is 4.59. The van der Waals surface area contributed by atoms with Gasteiger partial charge in [0.05, 0.1) is 0 Å². The molecule has 1 fully saturated rings. The summed E-state index contributed by atoms with van der Waals surface area (Å²) < 4.78 is 5.27. The van der Waals surface area contributed by atoms with Gasteiger partial charge in [0.25, 0.3) is 5.91 Å². The summed E-state index contributed by atoms with van der Waals surface area (Å²) >= 11 is 5.99. The van der Waals surface area contributed by atoms with Gasteiger partial charge in [-0.25, -0.2) is 0 Å². The van der Waals surface area contributed by atoms with Crippen LogP contribution in [0.5, 0.6) is 0 Å². The number of halogens is 1. The van der Waals surface area contributed by atoms with Crippen LogP contribution in [0.25, 0.3) is 11.3 Å². The van der Waals surface area contributed by atoms with Crippen molar-refractivity contribution in [3.63, 3.8) is 0 Å². The molecule has 5 nitrogen and oxygen atoms in total. The average Bonchev–Trinajstić information content (AvgIpc) is 3.04. The van der Waals surface area contributed by atoms with Crippen molar-refractivity contribution in [2.24, 2.45) is 11.7 Å². The maximum atomic E-state index is 12.7. The number of carbonyl (C=O) groups is 1. The zero-order valence-corrected chi connectivity index (χ0v) is 13.8. The summed E-state index contributed by atoms with van der Waals surface area (Å²) in [7, 11) is 0. The van der Waals surface area contributed by atoms with Crippen LogP contribution in [0.3, 0.4) is 0 Å². The first-order valence-electron chi connectivity index (χ1n) is 7.82. The van der Waals surface area contributed by atoms with E-state index in [2.05, 4.69) is 12.1 Å². The SMILES string of the molecule is CC1CCN(C(=O)c2cc(-c3cccc(Cl)c3)no2)C(CN)C1. The Hall–Kier alpha value is -1.85. The molecule has 0 bridgehead atoms. The number of rotatable bonds is 3. The van der Waals surface area contributed by atoms with Gasteiger partial charge in [0.1, 0.15) is 5.69 Å². The molecule has 1 aromatic heterocycles. The first-order valence-corrected chi connectivity index (χ1v) is 8.20. The number of carbonyl (C=O) groups excluding carboxylic acids is 1. The normalized spacial score (nSPS) is 21.4. The van der Waals surface area contributed by atoms with E-state index >= 15 is 0 Å². The van der Waals surface area contributed by atoms with E-state index in [-0.39, 0.29) is 17.7 Å². The van der Waals surface area contributed by atoms with E-state index in [9.17, 15) is 4.79 Å². The molecule has 1 aliphatic heterocycles. The fourth-order valence-corrected chi connectivity index (χ4v) is 3.23. The predicted octanol–water partition coefficient (Wildman–Crippen LogP) is 3.19. The van der Waals surface area contributed by atoms with Crippen LogP contribution in [-0.2, 0) is 0 Å². The average molecular weight is 334 g/mol. The van der Waals surface area contributed by atoms with E-state index in [1.165, 1.54) is 0 Å². The second-order valence-corrected chi connectivity index (χ2v) is 6.54. The molecular weight excluding hydrogens is 314 g/mol. The summed E-state index contributed by atoms with van der Waals surface area (Å²) in [6.07, 6.45) is 1.91. The highest BCUT2D eigenvalue weighted by Gasteiger charge is 2.31. The lowest BCUT2D eigenvalue weighted by Gasteiger charge is -2.37. The molecule has 0 saturated carbocycles. The topological polar surface area (TPSA) is 72.4 Å². The molecule has 1 aromatic carbocycles. The van der Waals surface area contributed by atoms with Crippen LogP contribution in [-0.4, -0.2) is 35.1 Å². The summed E-state index contributed by atoms with van der Waals surface area (Å²) in [6, 6.07) is 9.02. The molecule has 1 amide bonds. The number of nitrogens with two attached hydrogens (primary N) is 1. The maximum Gasteiger partial charge on any atom is 0.292 e. The standard InChI is InChI=1S/C17H20ClN3O2/c1-11-5-6-21(14(7-11)10-19)17(22)16-9-15(20-23-16)12-3-2-4-13(18)8-12/h2-4,8-9,11,14H,5-7,10,19H2,1H3. The Bertz CT molecular complexity index is 701. The largest absolute Gasteiger partial charge is 0.350 e. The monoisotopic (exact) mass is 333 g/mol. The molecule has 0 radical (unpaired) electrons. The van der Waals surface area contributed by atoms with Crippen LogP contribution in [0.2, 0.25) is 5.02 Å². The van der Waals surface area contributed by atoms with Gasteiger partial charge in [0.2, 0.25) is 5.76 Å². The van der Waals surface area contributed by atoms with Gasteiger partial charge in [-0.1, -0.05) is 35.8 Å². The summed E-state index contributed by atoms with van der Waals surface area (Å²) in [5.74, 6) is 0.686. The Kier molecular flexibility index (Phi) is 4.68. The van der Waals surface area contributed by atoms with E-state index in [0.717, 1.165) is 18.4 Å². The van der Waals surface area contributed by atoms with Crippen molar-refractivity contribution in [2.45, 2.75) is 25.8 Å². The number of hydrogen-bond acceptors (Lipinski definition) is 4. The molecule has 3 rings (SSSR count). The van der Waals surface area contributed by atoms with Crippen molar-refractivity contribution in [2.75, 3.05) is 13.1 Å². The van der Waals surface area contributed by atoms with Gasteiger partial charge >= 0.3 is 0 Å². The molecule has 1 saturated heterocycles. The third-order valence-electron chi connectivity index (χ3n) is 4.35. The Balaban J connectivity index is 1.81. The Labute approximate surface area is 140 Å². The van der Waals surface area contributed by atoms with Crippen molar-refractivity contribution in [3.8, 4) is 11.3 Å². The molecule has 6 heteroatoms. The lowest BCUT2D eigenvalue weighted by atomic mass is 9.92. The minimum absolute atomic E-state index is 0.0611. The van der Waals surface area contributed by atoms with Crippen LogP contribution in [0.15, 0.2) is 34.9 Å². The number of aromatic nitrogens is 1. The fraction of sp³-hybridized carbons (Fsp3) is 0.412. The molecule has 23 heavy (non-hydrogen) atoms. The van der Waals surface area contributed by atoms with Crippen LogP contribution in [0, 0.1) is 5.92 Å². The summed E-state index contributed by atoms with van der Waals surface area (Å²) in [4.78, 5) is 14.5. The third kappa shape index (κ3) is 3.41. The molecule has 1 aliphatic rings. The highest BCUT2D eigenvalue weighted by Crippen LogP contribution is 2.26. The van der Waals surface area contributed by atoms with Gasteiger partial charge in [-0.05, 0) is 30.9 Å². The zero-order valence-electron chi connectivity index (χ0n) is 13.0. The van der Waals surface area contributed by atoms with E-state index in [1.807, 2.05) is 17.0 Å². The number of amides is 1. The molecule has 2 unspecified atom stereocenters. The molecule has 122 valence electrons. The summed E-state index contributed by atoms with van der Waals surface area (Å²) in [6.45, 7) is 3.36. The summed E-state index contributed by atoms with van der Waals surface area (Å²) in [5.41, 5.74) is 7.25. The second-order valence-electron chi connectivity index (χ2n) is 6.10. The van der Waals surface area contributed by atoms with Gasteiger partial charge in [-0.2, -0.15) is 0 Å². The quantitative estimate of drug-likeness (QED) is 0.936. The van der Waals surface area contributed by atoms with Crippen LogP contribution in [0.1, 0.15) is 30.3 Å². The number of hydrogen-bond donors (Lipinski definition) is 1. The fourth-order valence-electron chi connectivity index (χ4n) is 3.04. The van der Waals surface area contributed by atoms with Crippen LogP contribution < -0.4 is 5.73 Å². The minimum Gasteiger partial charge on any atom is -0.350 e. The maximum absolute atomic E-state index is 12.7. The van der Waals surface area contributed by atoms with Crippen molar-refractivity contribution >= 4 is 17.5 Å². The van der Waals surface area contributed by atoms with Gasteiger partial charge < -0.3 is 15.2 Å². The molecule has 2 N–H and O–H groups in total. The highest BCUT2D eigenvalue weighted by atomic mass is 35.5. The van der Waals surface area contributed by atoms with Crippen molar-refractivity contribution in [1.29, 1.82) is 0 Å². The first kappa shape index (κ1) is 16.0. The number of piperidine rings is 1. The lowest BCUT2D eigenvalue weighted by molar-refractivity contribution is 0.0532. The number of benzene rings is 1. The van der Waals surface area contributed by atoms with Crippen molar-refractivity contribution < 1.29 is 9.32 Å². The zero-order chi connectivity index (χ0) is 16.4. The minimum atomic E-state index is -0.145.